The first-order chi connectivity index (χ1) is 15.4. The van der Waals surface area contributed by atoms with E-state index in [2.05, 4.69) is 20.8 Å². The number of benzene rings is 2. The molecule has 0 aliphatic rings. The fourth-order valence-corrected chi connectivity index (χ4v) is 3.67. The van der Waals surface area contributed by atoms with E-state index >= 15 is 0 Å². The van der Waals surface area contributed by atoms with Crippen molar-refractivity contribution in [2.45, 2.75) is 32.5 Å². The molecule has 168 valence electrons. The number of aromatic nitrogens is 3. The Hall–Kier alpha value is -3.33. The summed E-state index contributed by atoms with van der Waals surface area (Å²) in [6, 6.07) is 15.0. The molecule has 0 atom stereocenters. The van der Waals surface area contributed by atoms with E-state index in [1.54, 1.807) is 7.11 Å². The second-order valence-corrected chi connectivity index (χ2v) is 8.41. The minimum atomic E-state index is -0.103. The van der Waals surface area contributed by atoms with Crippen molar-refractivity contribution in [3.63, 3.8) is 0 Å². The van der Waals surface area contributed by atoms with Crippen LogP contribution in [0.25, 0.3) is 5.69 Å². The lowest BCUT2D eigenvalue weighted by molar-refractivity contribution is -0.119. The second-order valence-electron chi connectivity index (χ2n) is 7.47. The summed E-state index contributed by atoms with van der Waals surface area (Å²) in [6.07, 6.45) is 0. The third kappa shape index (κ3) is 6.10. The average molecular weight is 454 g/mol. The molecule has 3 aromatic rings. The number of carbonyl (C=O) groups excluding carboxylic acids is 2. The smallest absolute Gasteiger partial charge is 0.230 e. The first kappa shape index (κ1) is 23.3. The van der Waals surface area contributed by atoms with Crippen molar-refractivity contribution < 1.29 is 14.3 Å². The third-order valence-corrected chi connectivity index (χ3v) is 5.62. The van der Waals surface area contributed by atoms with E-state index in [0.29, 0.717) is 11.7 Å². The van der Waals surface area contributed by atoms with E-state index in [4.69, 9.17) is 4.74 Å². The molecule has 0 fully saturated rings. The Balaban J connectivity index is 1.53. The van der Waals surface area contributed by atoms with Crippen LogP contribution in [0.15, 0.2) is 53.7 Å². The standard InChI is InChI=1S/C23H27N5O3S/c1-15(2)22(30)25-18-7-5-17(6-8-18)13-24-21(29)14-32-23-27-26-16(3)28(23)19-9-11-20(31-4)12-10-19/h5-12,15H,13-14H2,1-4H3,(H,24,29)(H,25,30). The average Bonchev–Trinajstić information content (AvgIpc) is 3.17. The van der Waals surface area contributed by atoms with Gasteiger partial charge in [0.25, 0.3) is 0 Å². The first-order valence-corrected chi connectivity index (χ1v) is 11.2. The molecule has 9 heteroatoms. The highest BCUT2D eigenvalue weighted by Gasteiger charge is 2.14. The van der Waals surface area contributed by atoms with Crippen molar-refractivity contribution in [1.82, 2.24) is 20.1 Å². The number of methoxy groups -OCH3 is 1. The summed E-state index contributed by atoms with van der Waals surface area (Å²) in [5.74, 6) is 1.52. The van der Waals surface area contributed by atoms with E-state index in [9.17, 15) is 9.59 Å². The van der Waals surface area contributed by atoms with Crippen molar-refractivity contribution in [3.8, 4) is 11.4 Å². The zero-order valence-electron chi connectivity index (χ0n) is 18.6. The molecule has 0 aliphatic heterocycles. The number of amides is 2. The van der Waals surface area contributed by atoms with E-state index in [-0.39, 0.29) is 23.5 Å². The van der Waals surface area contributed by atoms with Crippen LogP contribution in [0.1, 0.15) is 25.2 Å². The van der Waals surface area contributed by atoms with Gasteiger partial charge >= 0.3 is 0 Å². The molecular weight excluding hydrogens is 426 g/mol. The lowest BCUT2D eigenvalue weighted by atomic mass is 10.1. The fraction of sp³-hybridized carbons (Fsp3) is 0.304. The van der Waals surface area contributed by atoms with Gasteiger partial charge in [-0.3, -0.25) is 14.2 Å². The maximum atomic E-state index is 12.4. The lowest BCUT2D eigenvalue weighted by Crippen LogP contribution is -2.24. The molecule has 3 rings (SSSR count). The van der Waals surface area contributed by atoms with Gasteiger partial charge in [-0.25, -0.2) is 0 Å². The molecule has 2 amide bonds. The van der Waals surface area contributed by atoms with E-state index < -0.39 is 0 Å². The summed E-state index contributed by atoms with van der Waals surface area (Å²) in [5.41, 5.74) is 2.59. The Morgan fingerprint density at radius 3 is 2.38 bits per heavy atom. The number of anilines is 1. The Kier molecular flexibility index (Phi) is 7.88. The molecule has 8 nitrogen and oxygen atoms in total. The molecule has 0 radical (unpaired) electrons. The number of thioether (sulfide) groups is 1. The number of nitrogens with zero attached hydrogens (tertiary/aromatic N) is 3. The van der Waals surface area contributed by atoms with Crippen molar-refractivity contribution >= 4 is 29.3 Å². The molecule has 0 unspecified atom stereocenters. The fourth-order valence-electron chi connectivity index (χ4n) is 2.84. The van der Waals surface area contributed by atoms with Gasteiger partial charge in [-0.05, 0) is 48.9 Å². The molecule has 32 heavy (non-hydrogen) atoms. The predicted molar refractivity (Wildman–Crippen MR) is 125 cm³/mol. The van der Waals surface area contributed by atoms with Crippen molar-refractivity contribution in [1.29, 1.82) is 0 Å². The summed E-state index contributed by atoms with van der Waals surface area (Å²) in [7, 11) is 1.62. The maximum absolute atomic E-state index is 12.4. The number of ether oxygens (including phenoxy) is 1. The van der Waals surface area contributed by atoms with Gasteiger partial charge in [0.15, 0.2) is 5.16 Å². The van der Waals surface area contributed by atoms with Gasteiger partial charge in [-0.15, -0.1) is 10.2 Å². The van der Waals surface area contributed by atoms with Gasteiger partial charge in [0.05, 0.1) is 12.9 Å². The normalized spacial score (nSPS) is 10.8. The van der Waals surface area contributed by atoms with E-state index in [1.807, 2.05) is 73.9 Å². The molecule has 1 aromatic heterocycles. The molecule has 0 aliphatic carbocycles. The summed E-state index contributed by atoms with van der Waals surface area (Å²) in [6.45, 7) is 5.96. The molecule has 0 bridgehead atoms. The third-order valence-electron chi connectivity index (χ3n) is 4.69. The van der Waals surface area contributed by atoms with Gasteiger partial charge in [-0.1, -0.05) is 37.7 Å². The molecule has 0 spiro atoms. The SMILES string of the molecule is COc1ccc(-n2c(C)nnc2SCC(=O)NCc2ccc(NC(=O)C(C)C)cc2)cc1. The summed E-state index contributed by atoms with van der Waals surface area (Å²) >= 11 is 1.33. The second kappa shape index (κ2) is 10.8. The van der Waals surface area contributed by atoms with E-state index in [1.165, 1.54) is 11.8 Å². The summed E-state index contributed by atoms with van der Waals surface area (Å²) in [4.78, 5) is 24.1. The molecule has 2 aromatic carbocycles. The van der Waals surface area contributed by atoms with Crippen molar-refractivity contribution in [2.75, 3.05) is 18.2 Å². The molecule has 0 saturated heterocycles. The zero-order chi connectivity index (χ0) is 23.1. The first-order valence-electron chi connectivity index (χ1n) is 10.2. The van der Waals surface area contributed by atoms with Gasteiger partial charge in [0, 0.05) is 23.8 Å². The van der Waals surface area contributed by atoms with Crippen LogP contribution >= 0.6 is 11.8 Å². The number of hydrogen-bond donors (Lipinski definition) is 2. The minimum absolute atomic E-state index is 0.0270. The Morgan fingerprint density at radius 2 is 1.75 bits per heavy atom. The van der Waals surface area contributed by atoms with Crippen LogP contribution in [0, 0.1) is 12.8 Å². The van der Waals surface area contributed by atoms with Crippen molar-refractivity contribution in [2.24, 2.45) is 5.92 Å². The monoisotopic (exact) mass is 453 g/mol. The number of rotatable bonds is 9. The molecule has 0 saturated carbocycles. The summed E-state index contributed by atoms with van der Waals surface area (Å²) in [5, 5.41) is 14.7. The molecule has 2 N–H and O–H groups in total. The van der Waals surface area contributed by atoms with Crippen LogP contribution in [0.4, 0.5) is 5.69 Å². The van der Waals surface area contributed by atoms with Crippen LogP contribution in [0.5, 0.6) is 5.75 Å². The van der Waals surface area contributed by atoms with Crippen molar-refractivity contribution in [3.05, 3.63) is 59.9 Å². The van der Waals surface area contributed by atoms with Crippen LogP contribution in [-0.2, 0) is 16.1 Å². The number of nitrogens with one attached hydrogen (secondary N) is 2. The zero-order valence-corrected chi connectivity index (χ0v) is 19.4. The topological polar surface area (TPSA) is 98.1 Å². The van der Waals surface area contributed by atoms with Gasteiger partial charge in [0.2, 0.25) is 11.8 Å². The van der Waals surface area contributed by atoms with Crippen LogP contribution in [0.3, 0.4) is 0 Å². The Bertz CT molecular complexity index is 1060. The van der Waals surface area contributed by atoms with Gasteiger partial charge < -0.3 is 15.4 Å². The lowest BCUT2D eigenvalue weighted by Gasteiger charge is -2.10. The van der Waals surface area contributed by atoms with Gasteiger partial charge in [0.1, 0.15) is 11.6 Å². The van der Waals surface area contributed by atoms with Crippen LogP contribution < -0.4 is 15.4 Å². The molecular formula is C23H27N5O3S. The number of carbonyl (C=O) groups is 2. The predicted octanol–water partition coefficient (Wildman–Crippen LogP) is 3.59. The summed E-state index contributed by atoms with van der Waals surface area (Å²) < 4.78 is 7.11. The molecule has 1 heterocycles. The van der Waals surface area contributed by atoms with Crippen LogP contribution in [0.2, 0.25) is 0 Å². The van der Waals surface area contributed by atoms with E-state index in [0.717, 1.165) is 28.5 Å². The quantitative estimate of drug-likeness (QED) is 0.481. The highest BCUT2D eigenvalue weighted by molar-refractivity contribution is 7.99. The number of aryl methyl sites for hydroxylation is 1. The highest BCUT2D eigenvalue weighted by Crippen LogP contribution is 2.23. The van der Waals surface area contributed by atoms with Crippen LogP contribution in [-0.4, -0.2) is 39.4 Å². The highest BCUT2D eigenvalue weighted by atomic mass is 32.2. The minimum Gasteiger partial charge on any atom is -0.497 e. The number of hydrogen-bond acceptors (Lipinski definition) is 6. The Labute approximate surface area is 191 Å². The van der Waals surface area contributed by atoms with Gasteiger partial charge in [-0.2, -0.15) is 0 Å². The maximum Gasteiger partial charge on any atom is 0.230 e. The Morgan fingerprint density at radius 1 is 1.06 bits per heavy atom. The largest absolute Gasteiger partial charge is 0.497 e.